The average Bonchev–Trinajstić information content (AvgIpc) is 2.42. The average molecular weight is 253 g/mol. The van der Waals surface area contributed by atoms with Gasteiger partial charge in [-0.15, -0.1) is 0 Å². The molecule has 100 valence electrons. The van der Waals surface area contributed by atoms with E-state index < -0.39 is 0 Å². The van der Waals surface area contributed by atoms with Crippen LogP contribution < -0.4 is 5.32 Å². The van der Waals surface area contributed by atoms with Crippen LogP contribution in [0.15, 0.2) is 42.5 Å². The summed E-state index contributed by atoms with van der Waals surface area (Å²) in [6, 6.07) is 15.6. The highest BCUT2D eigenvalue weighted by Crippen LogP contribution is 2.24. The second-order valence-corrected chi connectivity index (χ2v) is 5.22. The van der Waals surface area contributed by atoms with Crippen LogP contribution in [0.5, 0.6) is 0 Å². The molecule has 2 rings (SSSR count). The molecule has 2 aromatic rings. The maximum Gasteiger partial charge on any atom is 0.0485 e. The second-order valence-electron chi connectivity index (χ2n) is 5.22. The Hall–Kier alpha value is -1.76. The van der Waals surface area contributed by atoms with Gasteiger partial charge < -0.3 is 5.32 Å². The summed E-state index contributed by atoms with van der Waals surface area (Å²) in [4.78, 5) is 0. The third-order valence-corrected chi connectivity index (χ3v) is 3.80. The maximum atomic E-state index is 3.62. The number of anilines is 1. The molecule has 0 amide bonds. The molecule has 1 nitrogen and oxygen atoms in total. The van der Waals surface area contributed by atoms with Gasteiger partial charge in [0.2, 0.25) is 0 Å². The Morgan fingerprint density at radius 1 is 1.00 bits per heavy atom. The molecule has 0 aliphatic carbocycles. The molecule has 1 atom stereocenters. The number of para-hydroxylation sites is 1. The maximum absolute atomic E-state index is 3.62. The number of benzene rings is 2. The number of nitrogens with one attached hydrogen (secondary N) is 1. The summed E-state index contributed by atoms with van der Waals surface area (Å²) in [7, 11) is 0. The molecule has 0 aliphatic rings. The summed E-state index contributed by atoms with van der Waals surface area (Å²) >= 11 is 0. The van der Waals surface area contributed by atoms with E-state index in [9.17, 15) is 0 Å². The zero-order valence-electron chi connectivity index (χ0n) is 12.3. The van der Waals surface area contributed by atoms with Crippen molar-refractivity contribution in [2.45, 2.75) is 40.2 Å². The third kappa shape index (κ3) is 3.17. The molecular formula is C18H23N. The van der Waals surface area contributed by atoms with E-state index in [1.165, 1.54) is 27.9 Å². The predicted octanol–water partition coefficient (Wildman–Crippen LogP) is 5.04. The lowest BCUT2D eigenvalue weighted by Gasteiger charge is -2.19. The number of hydrogen-bond acceptors (Lipinski definition) is 1. The Balaban J connectivity index is 2.20. The molecular weight excluding hydrogens is 230 g/mol. The Bertz CT molecular complexity index is 557. The smallest absolute Gasteiger partial charge is 0.0485 e. The van der Waals surface area contributed by atoms with E-state index in [4.69, 9.17) is 0 Å². The van der Waals surface area contributed by atoms with Crippen molar-refractivity contribution < 1.29 is 0 Å². The lowest BCUT2D eigenvalue weighted by atomic mass is 10.0. The summed E-state index contributed by atoms with van der Waals surface area (Å²) in [5.74, 6) is 0. The molecule has 0 saturated carbocycles. The van der Waals surface area contributed by atoms with Crippen molar-refractivity contribution in [1.82, 2.24) is 0 Å². The van der Waals surface area contributed by atoms with Crippen LogP contribution in [0.1, 0.15) is 42.1 Å². The predicted molar refractivity (Wildman–Crippen MR) is 83.8 cm³/mol. The zero-order valence-corrected chi connectivity index (χ0v) is 12.3. The first-order chi connectivity index (χ1) is 9.11. The summed E-state index contributed by atoms with van der Waals surface area (Å²) in [6.45, 7) is 8.74. The van der Waals surface area contributed by atoms with Crippen LogP contribution >= 0.6 is 0 Å². The third-order valence-electron chi connectivity index (χ3n) is 3.80. The van der Waals surface area contributed by atoms with Gasteiger partial charge in [-0.2, -0.15) is 0 Å². The fourth-order valence-electron chi connectivity index (χ4n) is 2.32. The molecule has 0 heterocycles. The zero-order chi connectivity index (χ0) is 13.8. The summed E-state index contributed by atoms with van der Waals surface area (Å²) in [5, 5.41) is 3.62. The minimum Gasteiger partial charge on any atom is -0.378 e. The summed E-state index contributed by atoms with van der Waals surface area (Å²) in [5.41, 5.74) is 6.67. The highest BCUT2D eigenvalue weighted by Gasteiger charge is 2.08. The minimum atomic E-state index is 0.326. The minimum absolute atomic E-state index is 0.326. The van der Waals surface area contributed by atoms with Crippen LogP contribution in [0.25, 0.3) is 0 Å². The quantitative estimate of drug-likeness (QED) is 0.805. The van der Waals surface area contributed by atoms with Crippen molar-refractivity contribution in [2.24, 2.45) is 0 Å². The highest BCUT2D eigenvalue weighted by atomic mass is 14.9. The van der Waals surface area contributed by atoms with Crippen LogP contribution in [0.3, 0.4) is 0 Å². The molecule has 1 unspecified atom stereocenters. The van der Waals surface area contributed by atoms with E-state index in [0.29, 0.717) is 6.04 Å². The van der Waals surface area contributed by atoms with Gasteiger partial charge >= 0.3 is 0 Å². The van der Waals surface area contributed by atoms with Crippen molar-refractivity contribution in [3.63, 3.8) is 0 Å². The fourth-order valence-corrected chi connectivity index (χ4v) is 2.32. The lowest BCUT2D eigenvalue weighted by Crippen LogP contribution is -2.08. The number of aryl methyl sites for hydroxylation is 3. The van der Waals surface area contributed by atoms with Gasteiger partial charge in [-0.25, -0.2) is 0 Å². The molecule has 19 heavy (non-hydrogen) atoms. The van der Waals surface area contributed by atoms with Crippen molar-refractivity contribution in [2.75, 3.05) is 5.32 Å². The van der Waals surface area contributed by atoms with Gasteiger partial charge in [0, 0.05) is 11.7 Å². The van der Waals surface area contributed by atoms with Gasteiger partial charge in [0.15, 0.2) is 0 Å². The molecule has 0 saturated heterocycles. The Morgan fingerprint density at radius 3 is 2.42 bits per heavy atom. The lowest BCUT2D eigenvalue weighted by molar-refractivity contribution is 0.876. The first-order valence-corrected chi connectivity index (χ1v) is 7.03. The Kier molecular flexibility index (Phi) is 4.26. The SMILES string of the molecule is CCc1ccccc1NC(C)c1ccc(C)c(C)c1. The topological polar surface area (TPSA) is 12.0 Å². The van der Waals surface area contributed by atoms with Crippen molar-refractivity contribution in [3.8, 4) is 0 Å². The normalized spacial score (nSPS) is 12.2. The molecule has 1 N–H and O–H groups in total. The first kappa shape index (κ1) is 13.7. The van der Waals surface area contributed by atoms with E-state index in [0.717, 1.165) is 6.42 Å². The molecule has 2 aromatic carbocycles. The summed E-state index contributed by atoms with van der Waals surface area (Å²) in [6.07, 6.45) is 1.06. The molecule has 0 spiro atoms. The Labute approximate surface area is 116 Å². The van der Waals surface area contributed by atoms with E-state index in [-0.39, 0.29) is 0 Å². The van der Waals surface area contributed by atoms with Crippen LogP contribution in [-0.2, 0) is 6.42 Å². The monoisotopic (exact) mass is 253 g/mol. The molecule has 1 heteroatoms. The van der Waals surface area contributed by atoms with E-state index in [1.807, 2.05) is 0 Å². The fraction of sp³-hybridized carbons (Fsp3) is 0.333. The van der Waals surface area contributed by atoms with Gasteiger partial charge in [-0.1, -0.05) is 43.3 Å². The molecule has 0 aliphatic heterocycles. The van der Waals surface area contributed by atoms with Gasteiger partial charge in [-0.3, -0.25) is 0 Å². The number of rotatable bonds is 4. The van der Waals surface area contributed by atoms with Crippen LogP contribution in [0, 0.1) is 13.8 Å². The number of hydrogen-bond donors (Lipinski definition) is 1. The molecule has 0 fully saturated rings. The van der Waals surface area contributed by atoms with Gasteiger partial charge in [0.05, 0.1) is 0 Å². The molecule has 0 aromatic heterocycles. The molecule has 0 bridgehead atoms. The van der Waals surface area contributed by atoms with Gasteiger partial charge in [0.1, 0.15) is 0 Å². The van der Waals surface area contributed by atoms with E-state index >= 15 is 0 Å². The van der Waals surface area contributed by atoms with Crippen molar-refractivity contribution >= 4 is 5.69 Å². The van der Waals surface area contributed by atoms with E-state index in [1.54, 1.807) is 0 Å². The van der Waals surface area contributed by atoms with Crippen molar-refractivity contribution in [1.29, 1.82) is 0 Å². The van der Waals surface area contributed by atoms with Crippen LogP contribution in [-0.4, -0.2) is 0 Å². The van der Waals surface area contributed by atoms with Gasteiger partial charge in [0.25, 0.3) is 0 Å². The standard InChI is InChI=1S/C18H23N/c1-5-16-8-6-7-9-18(16)19-15(4)17-11-10-13(2)14(3)12-17/h6-12,15,19H,5H2,1-4H3. The van der Waals surface area contributed by atoms with Gasteiger partial charge in [-0.05, 0) is 55.5 Å². The molecule has 0 radical (unpaired) electrons. The first-order valence-electron chi connectivity index (χ1n) is 7.03. The highest BCUT2D eigenvalue weighted by molar-refractivity contribution is 5.52. The van der Waals surface area contributed by atoms with Crippen LogP contribution in [0.2, 0.25) is 0 Å². The van der Waals surface area contributed by atoms with E-state index in [2.05, 4.69) is 75.5 Å². The Morgan fingerprint density at radius 2 is 1.74 bits per heavy atom. The summed E-state index contributed by atoms with van der Waals surface area (Å²) < 4.78 is 0. The van der Waals surface area contributed by atoms with Crippen molar-refractivity contribution in [3.05, 3.63) is 64.7 Å². The largest absolute Gasteiger partial charge is 0.378 e. The second kappa shape index (κ2) is 5.92. The van der Waals surface area contributed by atoms with Crippen LogP contribution in [0.4, 0.5) is 5.69 Å².